The molecule has 0 fully saturated rings. The van der Waals surface area contributed by atoms with Gasteiger partial charge in [-0.3, -0.25) is 0 Å². The molecule has 4 heteroatoms. The van der Waals surface area contributed by atoms with Crippen molar-refractivity contribution in [1.29, 1.82) is 0 Å². The molecule has 0 aliphatic heterocycles. The van der Waals surface area contributed by atoms with Crippen molar-refractivity contribution in [3.8, 4) is 0 Å². The van der Waals surface area contributed by atoms with E-state index in [0.717, 1.165) is 21.9 Å². The van der Waals surface area contributed by atoms with E-state index in [0.29, 0.717) is 11.8 Å². The number of nitrogens with zero attached hydrogens (tertiary/aromatic N) is 3. The first kappa shape index (κ1) is 10.5. The summed E-state index contributed by atoms with van der Waals surface area (Å²) in [6, 6.07) is 0. The fraction of sp³-hybridized carbons (Fsp3) is 0.545. The molecule has 0 saturated carbocycles. The normalized spacial score (nSPS) is 11.9. The monoisotopic (exact) mass is 221 g/mol. The van der Waals surface area contributed by atoms with Gasteiger partial charge in [0.1, 0.15) is 16.2 Å². The van der Waals surface area contributed by atoms with E-state index in [1.54, 1.807) is 11.3 Å². The predicted molar refractivity (Wildman–Crippen MR) is 63.4 cm³/mol. The van der Waals surface area contributed by atoms with Crippen LogP contribution in [0.25, 0.3) is 10.3 Å². The maximum atomic E-state index is 4.61. The molecule has 0 radical (unpaired) electrons. The van der Waals surface area contributed by atoms with Crippen LogP contribution in [0.2, 0.25) is 0 Å². The molecule has 0 saturated heterocycles. The Morgan fingerprint density at radius 1 is 1.07 bits per heavy atom. The summed E-state index contributed by atoms with van der Waals surface area (Å²) in [5, 5.41) is 0. The molecule has 3 nitrogen and oxygen atoms in total. The maximum Gasteiger partial charge on any atom is 0.147 e. The van der Waals surface area contributed by atoms with Crippen LogP contribution in [0.15, 0.2) is 5.51 Å². The number of fused-ring (bicyclic) bond motifs is 1. The van der Waals surface area contributed by atoms with Crippen molar-refractivity contribution >= 4 is 21.7 Å². The SMILES string of the molecule is CC(C)c1nc(C(C)C)c2ncsc2n1. The molecule has 2 aromatic heterocycles. The Balaban J connectivity index is 2.69. The first-order valence-corrected chi connectivity index (χ1v) is 6.08. The lowest BCUT2D eigenvalue weighted by Crippen LogP contribution is -2.03. The van der Waals surface area contributed by atoms with Gasteiger partial charge in [0.05, 0.1) is 11.2 Å². The van der Waals surface area contributed by atoms with Crippen LogP contribution in [0.3, 0.4) is 0 Å². The zero-order valence-corrected chi connectivity index (χ0v) is 10.3. The second-order valence-corrected chi connectivity index (χ2v) is 5.12. The Kier molecular flexibility index (Phi) is 2.69. The molecule has 2 aromatic rings. The zero-order chi connectivity index (χ0) is 11.0. The van der Waals surface area contributed by atoms with Gasteiger partial charge < -0.3 is 0 Å². The Hall–Kier alpha value is -1.03. The Morgan fingerprint density at radius 2 is 1.80 bits per heavy atom. The van der Waals surface area contributed by atoms with Crippen LogP contribution in [-0.4, -0.2) is 15.0 Å². The molecular weight excluding hydrogens is 206 g/mol. The first-order valence-electron chi connectivity index (χ1n) is 5.20. The average molecular weight is 221 g/mol. The average Bonchev–Trinajstić information content (AvgIpc) is 2.62. The Morgan fingerprint density at radius 3 is 2.40 bits per heavy atom. The Labute approximate surface area is 93.6 Å². The minimum absolute atomic E-state index is 0.369. The minimum atomic E-state index is 0.369. The van der Waals surface area contributed by atoms with E-state index in [4.69, 9.17) is 0 Å². The Bertz CT molecular complexity index is 474. The first-order chi connectivity index (χ1) is 7.09. The maximum absolute atomic E-state index is 4.61. The number of rotatable bonds is 2. The summed E-state index contributed by atoms with van der Waals surface area (Å²) in [5.74, 6) is 1.69. The molecule has 2 heterocycles. The third-order valence-corrected chi connectivity index (χ3v) is 3.02. The lowest BCUT2D eigenvalue weighted by atomic mass is 10.1. The smallest absolute Gasteiger partial charge is 0.147 e. The van der Waals surface area contributed by atoms with Gasteiger partial charge in [0.2, 0.25) is 0 Å². The van der Waals surface area contributed by atoms with Crippen molar-refractivity contribution in [2.45, 2.75) is 39.5 Å². The molecule has 0 spiro atoms. The van der Waals surface area contributed by atoms with Crippen LogP contribution < -0.4 is 0 Å². The fourth-order valence-corrected chi connectivity index (χ4v) is 2.13. The lowest BCUT2D eigenvalue weighted by molar-refractivity contribution is 0.742. The highest BCUT2D eigenvalue weighted by Crippen LogP contribution is 2.25. The number of thiazole rings is 1. The quantitative estimate of drug-likeness (QED) is 0.780. The van der Waals surface area contributed by atoms with Gasteiger partial charge in [-0.15, -0.1) is 11.3 Å². The molecule has 0 N–H and O–H groups in total. The third kappa shape index (κ3) is 1.86. The predicted octanol–water partition coefficient (Wildman–Crippen LogP) is 3.33. The molecule has 0 amide bonds. The van der Waals surface area contributed by atoms with Crippen molar-refractivity contribution in [3.63, 3.8) is 0 Å². The van der Waals surface area contributed by atoms with Gasteiger partial charge in [-0.25, -0.2) is 15.0 Å². The second-order valence-electron chi connectivity index (χ2n) is 4.28. The van der Waals surface area contributed by atoms with E-state index in [9.17, 15) is 0 Å². The summed E-state index contributed by atoms with van der Waals surface area (Å²) >= 11 is 1.59. The van der Waals surface area contributed by atoms with Gasteiger partial charge in [0, 0.05) is 5.92 Å². The topological polar surface area (TPSA) is 38.7 Å². The second kappa shape index (κ2) is 3.85. The summed E-state index contributed by atoms with van der Waals surface area (Å²) in [7, 11) is 0. The van der Waals surface area contributed by atoms with Crippen LogP contribution in [0.5, 0.6) is 0 Å². The van der Waals surface area contributed by atoms with E-state index in [1.165, 1.54) is 0 Å². The summed E-state index contributed by atoms with van der Waals surface area (Å²) in [4.78, 5) is 14.5. The van der Waals surface area contributed by atoms with Crippen molar-refractivity contribution in [2.24, 2.45) is 0 Å². The van der Waals surface area contributed by atoms with E-state index >= 15 is 0 Å². The van der Waals surface area contributed by atoms with Crippen LogP contribution >= 0.6 is 11.3 Å². The summed E-state index contributed by atoms with van der Waals surface area (Å²) in [6.07, 6.45) is 0. The highest BCUT2D eigenvalue weighted by Gasteiger charge is 2.14. The van der Waals surface area contributed by atoms with Gasteiger partial charge in [-0.05, 0) is 5.92 Å². The molecule has 0 bridgehead atoms. The van der Waals surface area contributed by atoms with E-state index in [2.05, 4.69) is 42.6 Å². The van der Waals surface area contributed by atoms with Gasteiger partial charge in [-0.2, -0.15) is 0 Å². The molecule has 0 aliphatic rings. The number of aromatic nitrogens is 3. The summed E-state index contributed by atoms with van der Waals surface area (Å²) < 4.78 is 0. The van der Waals surface area contributed by atoms with E-state index in [1.807, 2.05) is 5.51 Å². The van der Waals surface area contributed by atoms with Gasteiger partial charge in [0.25, 0.3) is 0 Å². The molecule has 0 aromatic carbocycles. The fourth-order valence-electron chi connectivity index (χ4n) is 1.46. The van der Waals surface area contributed by atoms with Crippen molar-refractivity contribution in [2.75, 3.05) is 0 Å². The number of hydrogen-bond acceptors (Lipinski definition) is 4. The van der Waals surface area contributed by atoms with Crippen molar-refractivity contribution in [3.05, 3.63) is 17.0 Å². The van der Waals surface area contributed by atoms with Crippen LogP contribution in [0, 0.1) is 0 Å². The molecule has 2 rings (SSSR count). The largest absolute Gasteiger partial charge is 0.241 e. The highest BCUT2D eigenvalue weighted by atomic mass is 32.1. The molecule has 15 heavy (non-hydrogen) atoms. The zero-order valence-electron chi connectivity index (χ0n) is 9.48. The van der Waals surface area contributed by atoms with Crippen LogP contribution in [0.4, 0.5) is 0 Å². The van der Waals surface area contributed by atoms with E-state index in [-0.39, 0.29) is 0 Å². The van der Waals surface area contributed by atoms with Gasteiger partial charge in [-0.1, -0.05) is 27.7 Å². The summed E-state index contributed by atoms with van der Waals surface area (Å²) in [5.41, 5.74) is 3.89. The molecule has 0 atom stereocenters. The van der Waals surface area contributed by atoms with E-state index < -0.39 is 0 Å². The van der Waals surface area contributed by atoms with Crippen LogP contribution in [0.1, 0.15) is 51.0 Å². The molecular formula is C11H15N3S. The molecule has 0 unspecified atom stereocenters. The van der Waals surface area contributed by atoms with Crippen molar-refractivity contribution < 1.29 is 0 Å². The lowest BCUT2D eigenvalue weighted by Gasteiger charge is -2.09. The third-order valence-electron chi connectivity index (χ3n) is 2.31. The standard InChI is InChI=1S/C11H15N3S/c1-6(2)8-9-11(15-5-12-9)14-10(13-8)7(3)4/h5-7H,1-4H3. The van der Waals surface area contributed by atoms with Crippen molar-refractivity contribution in [1.82, 2.24) is 15.0 Å². The number of hydrogen-bond donors (Lipinski definition) is 0. The van der Waals surface area contributed by atoms with Crippen LogP contribution in [-0.2, 0) is 0 Å². The minimum Gasteiger partial charge on any atom is -0.241 e. The highest BCUT2D eigenvalue weighted by molar-refractivity contribution is 7.16. The molecule has 80 valence electrons. The van der Waals surface area contributed by atoms with Gasteiger partial charge >= 0.3 is 0 Å². The summed E-state index contributed by atoms with van der Waals surface area (Å²) in [6.45, 7) is 8.52. The molecule has 0 aliphatic carbocycles. The van der Waals surface area contributed by atoms with Gasteiger partial charge in [0.15, 0.2) is 0 Å².